The van der Waals surface area contributed by atoms with Gasteiger partial charge in [0.15, 0.2) is 0 Å². The van der Waals surface area contributed by atoms with Crippen molar-refractivity contribution in [1.82, 2.24) is 24.4 Å². The van der Waals surface area contributed by atoms with Gasteiger partial charge in [-0.1, -0.05) is 18.2 Å². The second kappa shape index (κ2) is 8.64. The number of amides is 2. The van der Waals surface area contributed by atoms with E-state index in [0.717, 1.165) is 16.8 Å². The van der Waals surface area contributed by atoms with Gasteiger partial charge < -0.3 is 19.9 Å². The highest BCUT2D eigenvalue weighted by Gasteiger charge is 2.60. The first-order valence-corrected chi connectivity index (χ1v) is 11.0. The van der Waals surface area contributed by atoms with E-state index >= 15 is 0 Å². The average Bonchev–Trinajstić information content (AvgIpc) is 3.55. The summed E-state index contributed by atoms with van der Waals surface area (Å²) in [5.41, 5.74) is 2.73. The third-order valence-corrected chi connectivity index (χ3v) is 6.67. The maximum Gasteiger partial charge on any atom is 0.290 e. The number of fused-ring (bicyclic) bond motifs is 3. The van der Waals surface area contributed by atoms with Crippen LogP contribution in [0.2, 0.25) is 0 Å². The maximum absolute atomic E-state index is 13.8. The quantitative estimate of drug-likeness (QED) is 0.431. The van der Waals surface area contributed by atoms with Crippen LogP contribution in [0, 0.1) is 0 Å². The Kier molecular flexibility index (Phi) is 5.48. The van der Waals surface area contributed by atoms with Crippen LogP contribution in [0.25, 0.3) is 11.0 Å². The topological polar surface area (TPSA) is 130 Å². The van der Waals surface area contributed by atoms with Crippen LogP contribution in [0.3, 0.4) is 0 Å². The van der Waals surface area contributed by atoms with Crippen LogP contribution in [-0.2, 0) is 22.1 Å². The Morgan fingerprint density at radius 1 is 1.11 bits per heavy atom. The predicted molar refractivity (Wildman–Crippen MR) is 127 cm³/mol. The first-order valence-electron chi connectivity index (χ1n) is 11.0. The largest absolute Gasteiger partial charge is 0.483 e. The molecule has 2 amide bonds. The van der Waals surface area contributed by atoms with Crippen molar-refractivity contribution < 1.29 is 19.5 Å². The van der Waals surface area contributed by atoms with Crippen LogP contribution in [0.5, 0.6) is 0 Å². The summed E-state index contributed by atoms with van der Waals surface area (Å²) >= 11 is 0. The van der Waals surface area contributed by atoms with Crippen LogP contribution in [-0.4, -0.2) is 54.4 Å². The number of hydrogen-bond acceptors (Lipinski definition) is 6. The number of carbonyl (C=O) groups is 3. The van der Waals surface area contributed by atoms with E-state index in [1.807, 2.05) is 42.1 Å². The molecule has 2 aliphatic heterocycles. The molecule has 0 radical (unpaired) electrons. The van der Waals surface area contributed by atoms with E-state index in [1.165, 1.54) is 0 Å². The summed E-state index contributed by atoms with van der Waals surface area (Å²) in [5, 5.41) is 9.92. The Hall–Kier alpha value is -4.60. The second-order valence-corrected chi connectivity index (χ2v) is 8.38. The number of para-hydroxylation sites is 1. The first kappa shape index (κ1) is 22.2. The molecule has 2 atom stereocenters. The average molecular weight is 470 g/mol. The Labute approximate surface area is 200 Å². The number of nitrogens with one attached hydrogen (secondary N) is 1. The van der Waals surface area contributed by atoms with Crippen LogP contribution >= 0.6 is 0 Å². The molecule has 0 unspecified atom stereocenters. The number of anilines is 1. The lowest BCUT2D eigenvalue weighted by Crippen LogP contribution is -2.43. The maximum atomic E-state index is 13.8. The van der Waals surface area contributed by atoms with Gasteiger partial charge in [-0.25, -0.2) is 4.98 Å². The Morgan fingerprint density at radius 2 is 1.86 bits per heavy atom. The van der Waals surface area contributed by atoms with Crippen molar-refractivity contribution in [3.63, 3.8) is 0 Å². The van der Waals surface area contributed by atoms with E-state index in [1.54, 1.807) is 41.7 Å². The summed E-state index contributed by atoms with van der Waals surface area (Å²) < 4.78 is 1.89. The fourth-order valence-corrected chi connectivity index (χ4v) is 5.17. The minimum Gasteiger partial charge on any atom is -0.483 e. The molecule has 4 aromatic rings. The van der Waals surface area contributed by atoms with Crippen molar-refractivity contribution in [3.05, 3.63) is 84.2 Å². The summed E-state index contributed by atoms with van der Waals surface area (Å²) in [7, 11) is 1.89. The van der Waals surface area contributed by atoms with Gasteiger partial charge in [-0.3, -0.25) is 24.4 Å². The van der Waals surface area contributed by atoms with Gasteiger partial charge in [-0.05, 0) is 36.2 Å². The summed E-state index contributed by atoms with van der Waals surface area (Å²) in [6.07, 6.45) is 7.30. The number of likely N-dealkylation sites (tertiary alicyclic amines) is 1. The summed E-state index contributed by atoms with van der Waals surface area (Å²) in [6.45, 7) is 0.191. The van der Waals surface area contributed by atoms with Crippen molar-refractivity contribution in [2.45, 2.75) is 17.9 Å². The molecular formula is C25H22N6O4. The molecule has 2 aromatic heterocycles. The van der Waals surface area contributed by atoms with Gasteiger partial charge in [0.25, 0.3) is 12.4 Å². The SMILES string of the molecule is Cn1ccnc1[C@@H]1N(C(=O)c2ccc3nccnc3c2)CC[C@]12C(=O)Nc1ccccc12.O=CO. The molecule has 6 rings (SSSR count). The molecule has 4 heterocycles. The zero-order chi connectivity index (χ0) is 24.6. The molecule has 2 aliphatic rings. The number of benzene rings is 2. The fraction of sp³-hybridized carbons (Fsp3) is 0.200. The van der Waals surface area contributed by atoms with E-state index in [4.69, 9.17) is 9.90 Å². The Bertz CT molecular complexity index is 1450. The summed E-state index contributed by atoms with van der Waals surface area (Å²) in [6, 6.07) is 12.5. The predicted octanol–water partition coefficient (Wildman–Crippen LogP) is 2.54. The van der Waals surface area contributed by atoms with Gasteiger partial charge in [-0.15, -0.1) is 0 Å². The molecule has 2 N–H and O–H groups in total. The number of nitrogens with zero attached hydrogens (tertiary/aromatic N) is 5. The minimum absolute atomic E-state index is 0.0913. The fourth-order valence-electron chi connectivity index (χ4n) is 5.17. The zero-order valence-corrected chi connectivity index (χ0v) is 18.8. The molecule has 176 valence electrons. The number of carboxylic acid groups (broad SMARTS) is 1. The highest BCUT2D eigenvalue weighted by atomic mass is 16.3. The first-order chi connectivity index (χ1) is 17.0. The number of carbonyl (C=O) groups excluding carboxylic acids is 2. The van der Waals surface area contributed by atoms with Crippen molar-refractivity contribution >= 4 is 35.0 Å². The van der Waals surface area contributed by atoms with E-state index in [2.05, 4.69) is 20.3 Å². The molecule has 1 fully saturated rings. The third kappa shape index (κ3) is 3.41. The van der Waals surface area contributed by atoms with Gasteiger partial charge in [0.05, 0.1) is 11.0 Å². The van der Waals surface area contributed by atoms with E-state index in [0.29, 0.717) is 29.9 Å². The van der Waals surface area contributed by atoms with Gasteiger partial charge in [-0.2, -0.15) is 0 Å². The van der Waals surface area contributed by atoms with Gasteiger partial charge in [0, 0.05) is 49.6 Å². The monoisotopic (exact) mass is 470 g/mol. The van der Waals surface area contributed by atoms with Crippen LogP contribution in [0.1, 0.15) is 34.2 Å². The van der Waals surface area contributed by atoms with Gasteiger partial charge in [0.2, 0.25) is 5.91 Å². The third-order valence-electron chi connectivity index (χ3n) is 6.67. The number of aromatic nitrogens is 4. The lowest BCUT2D eigenvalue weighted by Gasteiger charge is -2.33. The zero-order valence-electron chi connectivity index (χ0n) is 18.8. The van der Waals surface area contributed by atoms with Crippen LogP contribution in [0.4, 0.5) is 5.69 Å². The van der Waals surface area contributed by atoms with Crippen molar-refractivity contribution in [2.24, 2.45) is 7.05 Å². The summed E-state index contributed by atoms with van der Waals surface area (Å²) in [4.78, 5) is 50.5. The minimum atomic E-state index is -0.887. The lowest BCUT2D eigenvalue weighted by atomic mass is 9.74. The van der Waals surface area contributed by atoms with E-state index in [-0.39, 0.29) is 18.3 Å². The number of rotatable bonds is 2. The van der Waals surface area contributed by atoms with Crippen LogP contribution < -0.4 is 5.32 Å². The van der Waals surface area contributed by atoms with Crippen molar-refractivity contribution in [1.29, 1.82) is 0 Å². The van der Waals surface area contributed by atoms with Gasteiger partial charge >= 0.3 is 0 Å². The lowest BCUT2D eigenvalue weighted by molar-refractivity contribution is -0.123. The molecule has 10 nitrogen and oxygen atoms in total. The number of hydrogen-bond donors (Lipinski definition) is 2. The Balaban J connectivity index is 0.000000806. The van der Waals surface area contributed by atoms with E-state index in [9.17, 15) is 9.59 Å². The number of aryl methyl sites for hydroxylation is 1. The second-order valence-electron chi connectivity index (χ2n) is 8.38. The molecular weight excluding hydrogens is 448 g/mol. The highest BCUT2D eigenvalue weighted by Crippen LogP contribution is 2.54. The van der Waals surface area contributed by atoms with Crippen molar-refractivity contribution in [2.75, 3.05) is 11.9 Å². The standard InChI is InChI=1S/C24H20N6O2.CH2O2/c1-29-13-11-27-21(29)20-24(16-4-2-3-5-17(16)28-23(24)32)8-12-30(20)22(31)15-6-7-18-19(14-15)26-10-9-25-18;2-1-3/h2-7,9-11,13-14,20H,8,12H2,1H3,(H,28,32);1H,(H,2,3)/t20-,24+;/m0./s1. The highest BCUT2D eigenvalue weighted by molar-refractivity contribution is 6.08. The molecule has 0 aliphatic carbocycles. The molecule has 2 aromatic carbocycles. The smallest absolute Gasteiger partial charge is 0.290 e. The molecule has 1 saturated heterocycles. The molecule has 10 heteroatoms. The molecule has 35 heavy (non-hydrogen) atoms. The van der Waals surface area contributed by atoms with Crippen molar-refractivity contribution in [3.8, 4) is 0 Å². The Morgan fingerprint density at radius 3 is 2.60 bits per heavy atom. The molecule has 1 spiro atoms. The molecule has 0 bridgehead atoms. The van der Waals surface area contributed by atoms with Crippen LogP contribution in [0.15, 0.2) is 67.3 Å². The summed E-state index contributed by atoms with van der Waals surface area (Å²) in [5.74, 6) is 0.439. The normalized spacial score (nSPS) is 20.3. The number of imidazole rings is 1. The van der Waals surface area contributed by atoms with E-state index < -0.39 is 11.5 Å². The molecule has 0 saturated carbocycles. The van der Waals surface area contributed by atoms with Gasteiger partial charge in [0.1, 0.15) is 17.3 Å².